The van der Waals surface area contributed by atoms with E-state index in [1.807, 2.05) is 0 Å². The summed E-state index contributed by atoms with van der Waals surface area (Å²) >= 11 is 0. The van der Waals surface area contributed by atoms with Crippen LogP contribution in [0.3, 0.4) is 0 Å². The average molecular weight is 397 g/mol. The third-order valence-corrected chi connectivity index (χ3v) is 5.80. The summed E-state index contributed by atoms with van der Waals surface area (Å²) in [5.74, 6) is -2.07. The van der Waals surface area contributed by atoms with Crippen LogP contribution in [-0.2, 0) is 11.2 Å². The van der Waals surface area contributed by atoms with E-state index in [0.29, 0.717) is 0 Å². The Kier molecular flexibility index (Phi) is 4.04. The van der Waals surface area contributed by atoms with E-state index in [4.69, 9.17) is 10.1 Å². The molecule has 0 unspecified atom stereocenters. The highest BCUT2D eigenvalue weighted by Gasteiger charge is 2.46. The molecule has 0 spiro atoms. The third kappa shape index (κ3) is 2.43. The van der Waals surface area contributed by atoms with E-state index in [9.17, 15) is 30.0 Å². The molecule has 8 nitrogen and oxygen atoms in total. The highest BCUT2D eigenvalue weighted by Crippen LogP contribution is 2.50. The predicted molar refractivity (Wildman–Crippen MR) is 101 cm³/mol. The lowest BCUT2D eigenvalue weighted by Crippen LogP contribution is -2.44. The van der Waals surface area contributed by atoms with E-state index in [-0.39, 0.29) is 57.7 Å². The van der Waals surface area contributed by atoms with Crippen molar-refractivity contribution in [2.75, 3.05) is 7.11 Å². The number of methoxy groups -OCH3 is 1. The largest absolute Gasteiger partial charge is 0.507 e. The summed E-state index contributed by atoms with van der Waals surface area (Å²) in [4.78, 5) is 25.0. The van der Waals surface area contributed by atoms with Crippen LogP contribution in [0.2, 0.25) is 0 Å². The summed E-state index contributed by atoms with van der Waals surface area (Å²) in [5.41, 5.74) is -2.56. The number of nitrogens with one attached hydrogen (secondary N) is 1. The molecule has 150 valence electrons. The molecule has 0 aliphatic heterocycles. The minimum Gasteiger partial charge on any atom is -0.507 e. The molecule has 0 radical (unpaired) electrons. The van der Waals surface area contributed by atoms with Crippen molar-refractivity contribution in [3.8, 4) is 17.2 Å². The molecule has 8 heteroatoms. The maximum atomic E-state index is 13.1. The van der Waals surface area contributed by atoms with Crippen LogP contribution in [0.25, 0.3) is 0 Å². The molecule has 2 atom stereocenters. The van der Waals surface area contributed by atoms with E-state index >= 15 is 0 Å². The van der Waals surface area contributed by atoms with Gasteiger partial charge in [0.2, 0.25) is 0 Å². The molecule has 29 heavy (non-hydrogen) atoms. The fraction of sp³-hybridized carbons (Fsp3) is 0.286. The lowest BCUT2D eigenvalue weighted by atomic mass is 9.72. The molecule has 0 saturated heterocycles. The first kappa shape index (κ1) is 19.1. The fourth-order valence-corrected chi connectivity index (χ4v) is 4.26. The fourth-order valence-electron chi connectivity index (χ4n) is 4.26. The first-order chi connectivity index (χ1) is 13.6. The Morgan fingerprint density at radius 2 is 1.90 bits per heavy atom. The number of aliphatic hydroxyl groups excluding tert-OH is 1. The van der Waals surface area contributed by atoms with Gasteiger partial charge in [0, 0.05) is 29.5 Å². The van der Waals surface area contributed by atoms with Crippen LogP contribution in [0.5, 0.6) is 17.2 Å². The number of ketones is 2. The molecule has 2 aromatic rings. The molecular weight excluding hydrogens is 378 g/mol. The highest BCUT2D eigenvalue weighted by molar-refractivity contribution is 6.32. The third-order valence-electron chi connectivity index (χ3n) is 5.80. The molecule has 0 amide bonds. The summed E-state index contributed by atoms with van der Waals surface area (Å²) in [6.45, 7) is 1.16. The number of carbonyl (C=O) groups is 2. The number of aromatic hydroxyl groups is 2. The van der Waals surface area contributed by atoms with E-state index < -0.39 is 34.8 Å². The molecule has 2 aliphatic rings. The van der Waals surface area contributed by atoms with E-state index in [0.717, 1.165) is 6.92 Å². The first-order valence-corrected chi connectivity index (χ1v) is 8.95. The maximum Gasteiger partial charge on any atom is 0.198 e. The number of hydrogen-bond acceptors (Lipinski definition) is 8. The number of rotatable bonds is 2. The van der Waals surface area contributed by atoms with Gasteiger partial charge in [-0.2, -0.15) is 0 Å². The monoisotopic (exact) mass is 397 g/mol. The molecule has 4 rings (SSSR count). The summed E-state index contributed by atoms with van der Waals surface area (Å²) in [7, 11) is 1.39. The molecule has 0 bridgehead atoms. The molecule has 0 aromatic heterocycles. The Bertz CT molecular complexity index is 1120. The Morgan fingerprint density at radius 3 is 2.52 bits per heavy atom. The van der Waals surface area contributed by atoms with E-state index in [2.05, 4.69) is 0 Å². The molecular formula is C21H19NO7. The second kappa shape index (κ2) is 6.13. The summed E-state index contributed by atoms with van der Waals surface area (Å²) in [6.07, 6.45) is -2.21. The number of hydrogen-bond donors (Lipinski definition) is 5. The molecule has 2 aromatic carbocycles. The normalized spacial score (nSPS) is 22.6. The lowest BCUT2D eigenvalue weighted by Gasteiger charge is -2.36. The van der Waals surface area contributed by atoms with Crippen LogP contribution in [0, 0.1) is 5.41 Å². The standard InChI is InChI=1S/C21H19NO7/c1-8(23)21(28)6-10-13(11(24)7-21)20(27)15-16(19(10)26)18(25)9-4-3-5-12(29-2)14(9)17(15)22/h3-5,11,22,24,26-28H,6-7H2,1-2H3/t11-,21-/m1/s1. The molecule has 0 saturated carbocycles. The van der Waals surface area contributed by atoms with Crippen LogP contribution in [0.15, 0.2) is 18.2 Å². The van der Waals surface area contributed by atoms with Crippen LogP contribution >= 0.6 is 0 Å². The highest BCUT2D eigenvalue weighted by atomic mass is 16.5. The number of carbonyl (C=O) groups excluding carboxylic acids is 2. The average Bonchev–Trinajstić information content (AvgIpc) is 2.67. The van der Waals surface area contributed by atoms with Crippen molar-refractivity contribution < 1.29 is 34.8 Å². The SMILES string of the molecule is COc1cccc2c1C(=N)c1c(O)c3c(c(O)c1C2=O)C[C@](O)(C(C)=O)C[C@H]3O. The summed E-state index contributed by atoms with van der Waals surface area (Å²) < 4.78 is 5.25. The first-order valence-electron chi connectivity index (χ1n) is 8.95. The van der Waals surface area contributed by atoms with Crippen LogP contribution in [0.1, 0.15) is 57.6 Å². The van der Waals surface area contributed by atoms with Crippen molar-refractivity contribution in [1.29, 1.82) is 5.41 Å². The number of phenols is 2. The van der Waals surface area contributed by atoms with Crippen molar-refractivity contribution in [2.45, 2.75) is 31.5 Å². The Hall–Kier alpha value is -3.23. The van der Waals surface area contributed by atoms with E-state index in [1.54, 1.807) is 12.1 Å². The predicted octanol–water partition coefficient (Wildman–Crippen LogP) is 1.37. The van der Waals surface area contributed by atoms with Gasteiger partial charge in [0.1, 0.15) is 22.8 Å². The van der Waals surface area contributed by atoms with Crippen molar-refractivity contribution in [2.24, 2.45) is 0 Å². The minimum absolute atomic E-state index is 0.0785. The molecule has 0 heterocycles. The van der Waals surface area contributed by atoms with Gasteiger partial charge in [0.15, 0.2) is 11.6 Å². The number of Topliss-reactive ketones (excluding diaryl/α,β-unsaturated/α-hetero) is 1. The number of aliphatic hydroxyl groups is 2. The van der Waals surface area contributed by atoms with Gasteiger partial charge in [-0.1, -0.05) is 12.1 Å². The quantitative estimate of drug-likeness (QED) is 0.410. The zero-order valence-electron chi connectivity index (χ0n) is 15.7. The second-order valence-corrected chi connectivity index (χ2v) is 7.41. The van der Waals surface area contributed by atoms with Gasteiger partial charge in [0.05, 0.1) is 35.6 Å². The van der Waals surface area contributed by atoms with Gasteiger partial charge >= 0.3 is 0 Å². The van der Waals surface area contributed by atoms with E-state index in [1.165, 1.54) is 13.2 Å². The van der Waals surface area contributed by atoms with Gasteiger partial charge < -0.3 is 25.2 Å². The second-order valence-electron chi connectivity index (χ2n) is 7.41. The number of ether oxygens (including phenoxy) is 1. The topological polar surface area (TPSA) is 148 Å². The smallest absolute Gasteiger partial charge is 0.198 e. The maximum absolute atomic E-state index is 13.1. The Balaban J connectivity index is 2.04. The number of phenolic OH excluding ortho intramolecular Hbond substituents is 2. The molecule has 5 N–H and O–H groups in total. The molecule has 0 fully saturated rings. The van der Waals surface area contributed by atoms with Gasteiger partial charge in [-0.3, -0.25) is 15.0 Å². The Labute approximate surface area is 165 Å². The van der Waals surface area contributed by atoms with Gasteiger partial charge in [-0.25, -0.2) is 0 Å². The van der Waals surface area contributed by atoms with Gasteiger partial charge in [0.25, 0.3) is 0 Å². The minimum atomic E-state index is -1.93. The number of fused-ring (bicyclic) bond motifs is 3. The zero-order valence-corrected chi connectivity index (χ0v) is 15.7. The van der Waals surface area contributed by atoms with Crippen LogP contribution in [-0.4, -0.2) is 50.4 Å². The lowest BCUT2D eigenvalue weighted by molar-refractivity contribution is -0.139. The van der Waals surface area contributed by atoms with Crippen LogP contribution < -0.4 is 4.74 Å². The van der Waals surface area contributed by atoms with Crippen molar-refractivity contribution in [3.05, 3.63) is 51.6 Å². The van der Waals surface area contributed by atoms with Crippen molar-refractivity contribution in [3.63, 3.8) is 0 Å². The summed E-state index contributed by atoms with van der Waals surface area (Å²) in [5, 5.41) is 51.5. The molecule has 2 aliphatic carbocycles. The number of benzene rings is 2. The van der Waals surface area contributed by atoms with Gasteiger partial charge in [-0.15, -0.1) is 0 Å². The van der Waals surface area contributed by atoms with Crippen molar-refractivity contribution >= 4 is 17.3 Å². The van der Waals surface area contributed by atoms with Crippen molar-refractivity contribution in [1.82, 2.24) is 0 Å². The Morgan fingerprint density at radius 1 is 1.21 bits per heavy atom. The van der Waals surface area contributed by atoms with Gasteiger partial charge in [-0.05, 0) is 13.0 Å². The summed E-state index contributed by atoms with van der Waals surface area (Å²) in [6, 6.07) is 4.62. The van der Waals surface area contributed by atoms with Crippen LogP contribution in [0.4, 0.5) is 0 Å². The zero-order chi connectivity index (χ0) is 21.2.